The van der Waals surface area contributed by atoms with Gasteiger partial charge in [0.25, 0.3) is 5.69 Å². The molecule has 40 heavy (non-hydrogen) atoms. The Morgan fingerprint density at radius 3 is 2.67 bits per heavy atom. The van der Waals surface area contributed by atoms with Crippen molar-refractivity contribution in [2.45, 2.75) is 46.6 Å². The summed E-state index contributed by atoms with van der Waals surface area (Å²) in [6.07, 6.45) is 7.05. The van der Waals surface area contributed by atoms with Gasteiger partial charge in [0.05, 0.1) is 21.8 Å². The van der Waals surface area contributed by atoms with Crippen LogP contribution in [0.1, 0.15) is 37.0 Å². The van der Waals surface area contributed by atoms with Crippen molar-refractivity contribution >= 4 is 39.8 Å². The molecular weight excluding hydrogens is 506 g/mol. The van der Waals surface area contributed by atoms with Gasteiger partial charge in [-0.1, -0.05) is 25.1 Å². The van der Waals surface area contributed by atoms with Crippen molar-refractivity contribution < 1.29 is 9.72 Å². The van der Waals surface area contributed by atoms with Gasteiger partial charge in [-0.2, -0.15) is 0 Å². The summed E-state index contributed by atoms with van der Waals surface area (Å²) in [7, 11) is 0. The van der Waals surface area contributed by atoms with Crippen LogP contribution < -0.4 is 10.2 Å². The lowest BCUT2D eigenvalue weighted by molar-refractivity contribution is -0.384. The topological polar surface area (TPSA) is 109 Å². The Morgan fingerprint density at radius 1 is 1.15 bits per heavy atom. The monoisotopic (exact) mass is 539 g/mol. The van der Waals surface area contributed by atoms with Gasteiger partial charge in [0.2, 0.25) is 11.9 Å². The van der Waals surface area contributed by atoms with Crippen LogP contribution in [0.15, 0.2) is 42.7 Å². The standard InChI is InChI=1S/C30H33N7O3/c1-4-21-17-31-30(33-28(21)24-18-36-10-6-8-22-7-5-9-23(24)29(22)36)32-25-16-27(37(39)40)26(15-19(25)2)35-13-11-34(12-14-35)20(3)38/h5,7,9,15-18H,4,6,8,10-14H2,1-3H3,(H,31,32,33). The van der Waals surface area contributed by atoms with Crippen LogP contribution in [0.3, 0.4) is 0 Å². The molecule has 10 heteroatoms. The minimum Gasteiger partial charge on any atom is -0.362 e. The first-order chi connectivity index (χ1) is 19.3. The van der Waals surface area contributed by atoms with E-state index in [9.17, 15) is 14.9 Å². The molecule has 2 aromatic heterocycles. The van der Waals surface area contributed by atoms with Gasteiger partial charge in [-0.15, -0.1) is 0 Å². The number of nitrogens with zero attached hydrogens (tertiary/aromatic N) is 6. The third-order valence-electron chi connectivity index (χ3n) is 8.16. The van der Waals surface area contributed by atoms with Gasteiger partial charge in [-0.25, -0.2) is 9.97 Å². The summed E-state index contributed by atoms with van der Waals surface area (Å²) >= 11 is 0. The summed E-state index contributed by atoms with van der Waals surface area (Å²) in [5.74, 6) is 0.426. The van der Waals surface area contributed by atoms with E-state index in [1.807, 2.05) is 24.1 Å². The van der Waals surface area contributed by atoms with E-state index in [0.29, 0.717) is 43.5 Å². The van der Waals surface area contributed by atoms with Crippen LogP contribution >= 0.6 is 0 Å². The van der Waals surface area contributed by atoms with Gasteiger partial charge in [0.15, 0.2) is 0 Å². The number of para-hydroxylation sites is 1. The largest absolute Gasteiger partial charge is 0.362 e. The van der Waals surface area contributed by atoms with E-state index < -0.39 is 0 Å². The SMILES string of the molecule is CCc1cnc(Nc2cc([N+](=O)[O-])c(N3CCN(C(C)=O)CC3)cc2C)nc1-c1cn2c3c(cccc13)CCC2. The molecule has 1 fully saturated rings. The molecule has 4 aromatic rings. The highest BCUT2D eigenvalue weighted by Gasteiger charge is 2.26. The smallest absolute Gasteiger partial charge is 0.294 e. The van der Waals surface area contributed by atoms with Crippen LogP contribution in [-0.4, -0.2) is 56.4 Å². The van der Waals surface area contributed by atoms with Crippen LogP contribution in [0.4, 0.5) is 23.0 Å². The summed E-state index contributed by atoms with van der Waals surface area (Å²) < 4.78 is 2.33. The van der Waals surface area contributed by atoms with Crippen molar-refractivity contribution in [1.29, 1.82) is 0 Å². The molecule has 2 aromatic carbocycles. The van der Waals surface area contributed by atoms with Gasteiger partial charge < -0.3 is 19.7 Å². The quantitative estimate of drug-likeness (QED) is 0.264. The Balaban J connectivity index is 1.35. The Bertz CT molecular complexity index is 1640. The number of carbonyl (C=O) groups excluding carboxylic acids is 1. The zero-order valence-corrected chi connectivity index (χ0v) is 23.1. The van der Waals surface area contributed by atoms with Crippen molar-refractivity contribution in [3.63, 3.8) is 0 Å². The Labute approximate surface area is 232 Å². The van der Waals surface area contributed by atoms with Crippen LogP contribution in [0.5, 0.6) is 0 Å². The minimum absolute atomic E-state index is 0.0174. The summed E-state index contributed by atoms with van der Waals surface area (Å²) in [5, 5.41) is 16.6. The molecule has 0 bridgehead atoms. The van der Waals surface area contributed by atoms with E-state index in [4.69, 9.17) is 4.98 Å². The van der Waals surface area contributed by atoms with E-state index in [1.165, 1.54) is 16.5 Å². The number of hydrogen-bond donors (Lipinski definition) is 1. The molecule has 0 saturated carbocycles. The zero-order valence-electron chi connectivity index (χ0n) is 23.1. The third kappa shape index (κ3) is 4.53. The lowest BCUT2D eigenvalue weighted by Crippen LogP contribution is -2.48. The zero-order chi connectivity index (χ0) is 28.0. The fourth-order valence-corrected chi connectivity index (χ4v) is 6.00. The number of aromatic nitrogens is 3. The summed E-state index contributed by atoms with van der Waals surface area (Å²) in [5.41, 5.74) is 7.70. The molecular formula is C30H33N7O3. The van der Waals surface area contributed by atoms with Crippen molar-refractivity contribution in [3.8, 4) is 11.3 Å². The Kier molecular flexibility index (Phi) is 6.61. The number of amides is 1. The van der Waals surface area contributed by atoms with E-state index in [2.05, 4.69) is 46.2 Å². The second-order valence-electron chi connectivity index (χ2n) is 10.6. The fourth-order valence-electron chi connectivity index (χ4n) is 6.00. The van der Waals surface area contributed by atoms with Gasteiger partial charge >= 0.3 is 0 Å². The molecule has 4 heterocycles. The summed E-state index contributed by atoms with van der Waals surface area (Å²) in [4.78, 5) is 36.8. The van der Waals surface area contributed by atoms with Crippen LogP contribution in [0.25, 0.3) is 22.2 Å². The number of nitro benzene ring substituents is 1. The van der Waals surface area contributed by atoms with Gasteiger partial charge in [-0.3, -0.25) is 14.9 Å². The molecule has 1 amide bonds. The van der Waals surface area contributed by atoms with Gasteiger partial charge in [0.1, 0.15) is 5.69 Å². The Morgan fingerprint density at radius 2 is 1.95 bits per heavy atom. The molecule has 0 radical (unpaired) electrons. The normalized spacial score (nSPS) is 15.0. The predicted octanol–water partition coefficient (Wildman–Crippen LogP) is 5.24. The second-order valence-corrected chi connectivity index (χ2v) is 10.6. The average Bonchev–Trinajstić information content (AvgIpc) is 3.34. The van der Waals surface area contributed by atoms with Crippen molar-refractivity contribution in [2.75, 3.05) is 36.4 Å². The molecule has 0 spiro atoms. The number of nitrogens with one attached hydrogen (secondary N) is 1. The highest BCUT2D eigenvalue weighted by molar-refractivity contribution is 5.98. The van der Waals surface area contributed by atoms with E-state index in [-0.39, 0.29) is 16.5 Å². The third-order valence-corrected chi connectivity index (χ3v) is 8.16. The first-order valence-corrected chi connectivity index (χ1v) is 13.9. The van der Waals surface area contributed by atoms with Gasteiger partial charge in [-0.05, 0) is 48.9 Å². The summed E-state index contributed by atoms with van der Waals surface area (Å²) in [6, 6.07) is 9.90. The number of nitro groups is 1. The van der Waals surface area contributed by atoms with Gasteiger partial charge in [0, 0.05) is 69.1 Å². The average molecular weight is 540 g/mol. The van der Waals surface area contributed by atoms with Crippen LogP contribution in [-0.2, 0) is 24.2 Å². The van der Waals surface area contributed by atoms with Crippen molar-refractivity contribution in [1.82, 2.24) is 19.4 Å². The fraction of sp³-hybridized carbons (Fsp3) is 0.367. The molecule has 10 nitrogen and oxygen atoms in total. The highest BCUT2D eigenvalue weighted by atomic mass is 16.6. The first kappa shape index (κ1) is 25.8. The molecule has 0 aliphatic carbocycles. The van der Waals surface area contributed by atoms with Crippen molar-refractivity contribution in [2.24, 2.45) is 0 Å². The number of carbonyl (C=O) groups is 1. The van der Waals surface area contributed by atoms with E-state index in [0.717, 1.165) is 48.2 Å². The maximum atomic E-state index is 12.1. The number of anilines is 3. The van der Waals surface area contributed by atoms with Crippen LogP contribution in [0.2, 0.25) is 0 Å². The molecule has 2 aliphatic rings. The number of piperazine rings is 1. The number of benzene rings is 2. The molecule has 206 valence electrons. The molecule has 1 saturated heterocycles. The second kappa shape index (κ2) is 10.3. The van der Waals surface area contributed by atoms with E-state index in [1.54, 1.807) is 17.9 Å². The molecule has 0 unspecified atom stereocenters. The summed E-state index contributed by atoms with van der Waals surface area (Å²) in [6.45, 7) is 8.75. The lowest BCUT2D eigenvalue weighted by Gasteiger charge is -2.35. The molecule has 6 rings (SSSR count). The predicted molar refractivity (Wildman–Crippen MR) is 156 cm³/mol. The molecule has 1 N–H and O–H groups in total. The van der Waals surface area contributed by atoms with Crippen LogP contribution in [0, 0.1) is 17.0 Å². The molecule has 2 aliphatic heterocycles. The Hall–Kier alpha value is -4.47. The maximum Gasteiger partial charge on any atom is 0.294 e. The van der Waals surface area contributed by atoms with E-state index >= 15 is 0 Å². The minimum atomic E-state index is -0.350. The first-order valence-electron chi connectivity index (χ1n) is 13.9. The number of hydrogen-bond acceptors (Lipinski definition) is 7. The molecule has 0 atom stereocenters. The highest BCUT2D eigenvalue weighted by Crippen LogP contribution is 2.38. The van der Waals surface area contributed by atoms with Crippen molar-refractivity contribution in [3.05, 3.63) is 69.5 Å². The maximum absolute atomic E-state index is 12.1. The lowest BCUT2D eigenvalue weighted by atomic mass is 10.0. The number of aryl methyl sites for hydroxylation is 4. The number of rotatable bonds is 6.